The molecule has 0 saturated carbocycles. The molecule has 2 heterocycles. The Balaban J connectivity index is 1.65. The van der Waals surface area contributed by atoms with Crippen molar-refractivity contribution >= 4 is 12.0 Å². The monoisotopic (exact) mass is 372 g/mol. The fourth-order valence-electron chi connectivity index (χ4n) is 3.80. The number of piperazine rings is 1. The summed E-state index contributed by atoms with van der Waals surface area (Å²) in [5, 5.41) is 0. The SMILES string of the molecule is CCOc1cc2c(cc1/C=C/C(=O)N1CCN(CC(C)C)CC1)OC(C)C2. The predicted octanol–water partition coefficient (Wildman–Crippen LogP) is 3.22. The van der Waals surface area contributed by atoms with Gasteiger partial charge < -0.3 is 14.4 Å². The number of rotatable bonds is 6. The molecule has 1 atom stereocenters. The molecule has 1 fully saturated rings. The second-order valence-electron chi connectivity index (χ2n) is 7.92. The van der Waals surface area contributed by atoms with E-state index < -0.39 is 0 Å². The van der Waals surface area contributed by atoms with Crippen LogP contribution in [0.5, 0.6) is 11.5 Å². The first-order valence-electron chi connectivity index (χ1n) is 10.1. The number of nitrogens with zero attached hydrogens (tertiary/aromatic N) is 2. The molecule has 27 heavy (non-hydrogen) atoms. The molecule has 1 amide bonds. The predicted molar refractivity (Wildman–Crippen MR) is 108 cm³/mol. The summed E-state index contributed by atoms with van der Waals surface area (Å²) in [7, 11) is 0. The van der Waals surface area contributed by atoms with E-state index in [0.717, 1.165) is 56.2 Å². The number of ether oxygens (including phenoxy) is 2. The highest BCUT2D eigenvalue weighted by atomic mass is 16.5. The topological polar surface area (TPSA) is 42.0 Å². The van der Waals surface area contributed by atoms with E-state index in [-0.39, 0.29) is 12.0 Å². The maximum absolute atomic E-state index is 12.6. The molecule has 0 aromatic heterocycles. The van der Waals surface area contributed by atoms with Crippen LogP contribution in [-0.4, -0.2) is 61.1 Å². The van der Waals surface area contributed by atoms with Gasteiger partial charge in [-0.3, -0.25) is 9.69 Å². The van der Waals surface area contributed by atoms with Crippen molar-refractivity contribution in [2.24, 2.45) is 5.92 Å². The minimum absolute atomic E-state index is 0.0661. The van der Waals surface area contributed by atoms with Gasteiger partial charge in [-0.1, -0.05) is 13.8 Å². The summed E-state index contributed by atoms with van der Waals surface area (Å²) in [6.07, 6.45) is 4.62. The van der Waals surface area contributed by atoms with E-state index in [2.05, 4.69) is 31.7 Å². The van der Waals surface area contributed by atoms with Gasteiger partial charge in [0.05, 0.1) is 6.61 Å². The zero-order chi connectivity index (χ0) is 19.4. The highest BCUT2D eigenvalue weighted by Gasteiger charge is 2.22. The molecular formula is C22H32N2O3. The van der Waals surface area contributed by atoms with Crippen molar-refractivity contribution in [2.75, 3.05) is 39.3 Å². The summed E-state index contributed by atoms with van der Waals surface area (Å²) in [5.74, 6) is 2.45. The van der Waals surface area contributed by atoms with E-state index in [1.165, 1.54) is 5.56 Å². The fourth-order valence-corrected chi connectivity index (χ4v) is 3.80. The lowest BCUT2D eigenvalue weighted by Crippen LogP contribution is -2.49. The van der Waals surface area contributed by atoms with Gasteiger partial charge in [-0.25, -0.2) is 0 Å². The maximum Gasteiger partial charge on any atom is 0.246 e. The van der Waals surface area contributed by atoms with Gasteiger partial charge in [0, 0.05) is 56.3 Å². The molecule has 5 nitrogen and oxygen atoms in total. The average Bonchev–Trinajstić information content (AvgIpc) is 2.98. The summed E-state index contributed by atoms with van der Waals surface area (Å²) in [6.45, 7) is 13.7. The Kier molecular flexibility index (Phi) is 6.42. The lowest BCUT2D eigenvalue weighted by molar-refractivity contribution is -0.127. The van der Waals surface area contributed by atoms with Crippen molar-refractivity contribution in [3.05, 3.63) is 29.3 Å². The van der Waals surface area contributed by atoms with Crippen LogP contribution in [0, 0.1) is 5.92 Å². The van der Waals surface area contributed by atoms with E-state index in [9.17, 15) is 4.79 Å². The van der Waals surface area contributed by atoms with E-state index >= 15 is 0 Å². The molecule has 1 aromatic carbocycles. The van der Waals surface area contributed by atoms with Crippen LogP contribution in [0.25, 0.3) is 6.08 Å². The smallest absolute Gasteiger partial charge is 0.246 e. The lowest BCUT2D eigenvalue weighted by Gasteiger charge is -2.35. The molecular weight excluding hydrogens is 340 g/mol. The van der Waals surface area contributed by atoms with Crippen LogP contribution in [0.15, 0.2) is 18.2 Å². The van der Waals surface area contributed by atoms with Crippen molar-refractivity contribution in [1.29, 1.82) is 0 Å². The van der Waals surface area contributed by atoms with Crippen molar-refractivity contribution in [1.82, 2.24) is 9.80 Å². The third kappa shape index (κ3) is 5.04. The maximum atomic E-state index is 12.6. The van der Waals surface area contributed by atoms with Crippen LogP contribution in [-0.2, 0) is 11.2 Å². The van der Waals surface area contributed by atoms with Crippen molar-refractivity contribution in [3.8, 4) is 11.5 Å². The molecule has 3 rings (SSSR count). The van der Waals surface area contributed by atoms with Crippen molar-refractivity contribution < 1.29 is 14.3 Å². The van der Waals surface area contributed by atoms with E-state index in [1.807, 2.05) is 24.0 Å². The van der Waals surface area contributed by atoms with Gasteiger partial charge in [-0.15, -0.1) is 0 Å². The summed E-state index contributed by atoms with van der Waals surface area (Å²) in [5.41, 5.74) is 2.08. The second-order valence-corrected chi connectivity index (χ2v) is 7.92. The Morgan fingerprint density at radius 2 is 2.04 bits per heavy atom. The number of benzene rings is 1. The number of hydrogen-bond donors (Lipinski definition) is 0. The van der Waals surface area contributed by atoms with Gasteiger partial charge in [0.2, 0.25) is 5.91 Å². The van der Waals surface area contributed by atoms with E-state index in [1.54, 1.807) is 6.08 Å². The fraction of sp³-hybridized carbons (Fsp3) is 0.591. The molecule has 2 aliphatic rings. The van der Waals surface area contributed by atoms with Gasteiger partial charge in [0.15, 0.2) is 0 Å². The third-order valence-corrected chi connectivity index (χ3v) is 5.04. The molecule has 1 saturated heterocycles. The Morgan fingerprint density at radius 3 is 2.70 bits per heavy atom. The molecule has 1 aromatic rings. The average molecular weight is 373 g/mol. The molecule has 0 spiro atoms. The molecule has 0 aliphatic carbocycles. The molecule has 148 valence electrons. The minimum atomic E-state index is 0.0661. The Bertz CT molecular complexity index is 691. The van der Waals surface area contributed by atoms with Crippen LogP contribution in [0.3, 0.4) is 0 Å². The zero-order valence-corrected chi connectivity index (χ0v) is 17.0. The van der Waals surface area contributed by atoms with Gasteiger partial charge in [0.25, 0.3) is 0 Å². The second kappa shape index (κ2) is 8.79. The first kappa shape index (κ1) is 19.7. The highest BCUT2D eigenvalue weighted by Crippen LogP contribution is 2.35. The standard InChI is InChI=1S/C22H32N2O3/c1-5-26-20-14-19-12-17(4)27-21(19)13-18(20)6-7-22(25)24-10-8-23(9-11-24)15-16(2)3/h6-7,13-14,16-17H,5,8-12,15H2,1-4H3/b7-6+. The highest BCUT2D eigenvalue weighted by molar-refractivity contribution is 5.92. The number of carbonyl (C=O) groups excluding carboxylic acids is 1. The van der Waals surface area contributed by atoms with Crippen LogP contribution < -0.4 is 9.47 Å². The van der Waals surface area contributed by atoms with Gasteiger partial charge in [-0.05, 0) is 38.0 Å². The molecule has 5 heteroatoms. The molecule has 0 bridgehead atoms. The molecule has 1 unspecified atom stereocenters. The summed E-state index contributed by atoms with van der Waals surface area (Å²) < 4.78 is 11.6. The molecule has 0 N–H and O–H groups in total. The number of fused-ring (bicyclic) bond motifs is 1. The quantitative estimate of drug-likeness (QED) is 0.719. The Hall–Kier alpha value is -2.01. The van der Waals surface area contributed by atoms with Crippen LogP contribution in [0.1, 0.15) is 38.8 Å². The first-order valence-corrected chi connectivity index (χ1v) is 10.1. The minimum Gasteiger partial charge on any atom is -0.493 e. The van der Waals surface area contributed by atoms with Crippen molar-refractivity contribution in [3.63, 3.8) is 0 Å². The first-order chi connectivity index (χ1) is 13.0. The molecule has 2 aliphatic heterocycles. The van der Waals surface area contributed by atoms with Crippen LogP contribution >= 0.6 is 0 Å². The summed E-state index contributed by atoms with van der Waals surface area (Å²) in [4.78, 5) is 17.0. The van der Waals surface area contributed by atoms with E-state index in [4.69, 9.17) is 9.47 Å². The Morgan fingerprint density at radius 1 is 1.30 bits per heavy atom. The Labute approximate surface area is 162 Å². The van der Waals surface area contributed by atoms with E-state index in [0.29, 0.717) is 12.5 Å². The molecule has 0 radical (unpaired) electrons. The number of carbonyl (C=O) groups is 1. The lowest BCUT2D eigenvalue weighted by atomic mass is 10.1. The van der Waals surface area contributed by atoms with Gasteiger partial charge in [0.1, 0.15) is 17.6 Å². The number of amides is 1. The number of hydrogen-bond acceptors (Lipinski definition) is 4. The van der Waals surface area contributed by atoms with Crippen molar-refractivity contribution in [2.45, 2.75) is 40.2 Å². The van der Waals surface area contributed by atoms with Crippen LogP contribution in [0.2, 0.25) is 0 Å². The van der Waals surface area contributed by atoms with Gasteiger partial charge >= 0.3 is 0 Å². The summed E-state index contributed by atoms with van der Waals surface area (Å²) >= 11 is 0. The zero-order valence-electron chi connectivity index (χ0n) is 17.0. The van der Waals surface area contributed by atoms with Crippen LogP contribution in [0.4, 0.5) is 0 Å². The largest absolute Gasteiger partial charge is 0.493 e. The normalized spacial score (nSPS) is 20.2. The summed E-state index contributed by atoms with van der Waals surface area (Å²) in [6, 6.07) is 4.05. The van der Waals surface area contributed by atoms with Gasteiger partial charge in [-0.2, -0.15) is 0 Å². The third-order valence-electron chi connectivity index (χ3n) is 5.04.